The smallest absolute Gasteiger partial charge is 0.234 e. The maximum absolute atomic E-state index is 12.2. The van der Waals surface area contributed by atoms with Gasteiger partial charge in [-0.15, -0.1) is 0 Å². The van der Waals surface area contributed by atoms with Crippen LogP contribution in [-0.2, 0) is 4.79 Å². The van der Waals surface area contributed by atoms with Crippen molar-refractivity contribution in [3.05, 3.63) is 30.3 Å². The highest BCUT2D eigenvalue weighted by molar-refractivity contribution is 5.78. The lowest BCUT2D eigenvalue weighted by Crippen LogP contribution is -2.41. The van der Waals surface area contributed by atoms with Crippen molar-refractivity contribution in [3.8, 4) is 0 Å². The van der Waals surface area contributed by atoms with Gasteiger partial charge in [-0.2, -0.15) is 0 Å². The molecule has 0 spiro atoms. The molecule has 0 unspecified atom stereocenters. The number of hydrogen-bond acceptors (Lipinski definition) is 4. The number of nitrogens with one attached hydrogen (secondary N) is 1. The van der Waals surface area contributed by atoms with Crippen molar-refractivity contribution in [2.24, 2.45) is 5.92 Å². The van der Waals surface area contributed by atoms with Crippen LogP contribution in [0.5, 0.6) is 0 Å². The van der Waals surface area contributed by atoms with Crippen LogP contribution in [0, 0.1) is 5.92 Å². The first-order valence-electron chi connectivity index (χ1n) is 9.62. The molecule has 1 saturated heterocycles. The first-order chi connectivity index (χ1) is 12.2. The number of aliphatic hydroxyl groups is 1. The molecular formula is C20H33N3O2. The summed E-state index contributed by atoms with van der Waals surface area (Å²) in [6.45, 7) is 6.91. The Labute approximate surface area is 152 Å². The number of aliphatic hydroxyl groups excluding tert-OH is 1. The van der Waals surface area contributed by atoms with Crippen LogP contribution in [0.4, 0.5) is 5.69 Å². The third-order valence-electron chi connectivity index (χ3n) is 4.86. The van der Waals surface area contributed by atoms with Gasteiger partial charge in [-0.05, 0) is 37.4 Å². The third-order valence-corrected chi connectivity index (χ3v) is 4.86. The highest BCUT2D eigenvalue weighted by atomic mass is 16.3. The van der Waals surface area contributed by atoms with Gasteiger partial charge in [0.2, 0.25) is 5.91 Å². The largest absolute Gasteiger partial charge is 0.395 e. The predicted octanol–water partition coefficient (Wildman–Crippen LogP) is 2.11. The molecule has 1 aromatic carbocycles. The van der Waals surface area contributed by atoms with E-state index in [9.17, 15) is 4.79 Å². The molecule has 1 aliphatic heterocycles. The van der Waals surface area contributed by atoms with E-state index < -0.39 is 0 Å². The Morgan fingerprint density at radius 2 is 2.08 bits per heavy atom. The summed E-state index contributed by atoms with van der Waals surface area (Å²) in [5, 5.41) is 12.3. The fourth-order valence-electron chi connectivity index (χ4n) is 3.39. The molecule has 25 heavy (non-hydrogen) atoms. The topological polar surface area (TPSA) is 55.8 Å². The van der Waals surface area contributed by atoms with Crippen LogP contribution in [0.1, 0.15) is 32.6 Å². The van der Waals surface area contributed by atoms with Crippen molar-refractivity contribution >= 4 is 11.6 Å². The summed E-state index contributed by atoms with van der Waals surface area (Å²) in [6.07, 6.45) is 4.53. The Morgan fingerprint density at radius 1 is 1.28 bits per heavy atom. The zero-order valence-corrected chi connectivity index (χ0v) is 15.5. The second-order valence-electron chi connectivity index (χ2n) is 6.95. The van der Waals surface area contributed by atoms with E-state index in [0.717, 1.165) is 39.0 Å². The summed E-state index contributed by atoms with van der Waals surface area (Å²) in [5.41, 5.74) is 1.27. The van der Waals surface area contributed by atoms with Crippen LogP contribution < -0.4 is 10.2 Å². The number of carbonyl (C=O) groups is 1. The number of benzene rings is 1. The second-order valence-corrected chi connectivity index (χ2v) is 6.95. The van der Waals surface area contributed by atoms with Gasteiger partial charge in [0.05, 0.1) is 13.2 Å². The van der Waals surface area contributed by atoms with E-state index in [0.29, 0.717) is 19.0 Å². The first-order valence-corrected chi connectivity index (χ1v) is 9.62. The molecular weight excluding hydrogens is 314 g/mol. The molecule has 140 valence electrons. The Balaban J connectivity index is 1.68. The summed E-state index contributed by atoms with van der Waals surface area (Å²) >= 11 is 0. The number of hydrogen-bond donors (Lipinski definition) is 2. The minimum Gasteiger partial charge on any atom is -0.395 e. The lowest BCUT2D eigenvalue weighted by atomic mass is 10.1. The second kappa shape index (κ2) is 11.1. The van der Waals surface area contributed by atoms with Crippen LogP contribution in [0.15, 0.2) is 30.3 Å². The number of para-hydroxylation sites is 1. The van der Waals surface area contributed by atoms with Gasteiger partial charge in [0, 0.05) is 31.9 Å². The minimum absolute atomic E-state index is 0.0723. The molecule has 1 aliphatic rings. The summed E-state index contributed by atoms with van der Waals surface area (Å²) in [7, 11) is 0. The Kier molecular flexibility index (Phi) is 8.77. The molecule has 0 aromatic heterocycles. The SMILES string of the molecule is CCCCCN(CCO)CC(=O)NC[C@H]1CCN(c2ccccc2)C1. The van der Waals surface area contributed by atoms with Gasteiger partial charge in [0.1, 0.15) is 0 Å². The Bertz CT molecular complexity index is 495. The van der Waals surface area contributed by atoms with Crippen molar-refractivity contribution in [1.82, 2.24) is 10.2 Å². The van der Waals surface area contributed by atoms with Gasteiger partial charge in [0.15, 0.2) is 0 Å². The monoisotopic (exact) mass is 347 g/mol. The molecule has 0 saturated carbocycles. The molecule has 1 amide bonds. The highest BCUT2D eigenvalue weighted by Crippen LogP contribution is 2.22. The zero-order valence-electron chi connectivity index (χ0n) is 15.5. The molecule has 2 rings (SSSR count). The molecule has 2 N–H and O–H groups in total. The van der Waals surface area contributed by atoms with Gasteiger partial charge in [-0.3, -0.25) is 9.69 Å². The van der Waals surface area contributed by atoms with Crippen LogP contribution in [0.2, 0.25) is 0 Å². The van der Waals surface area contributed by atoms with Crippen LogP contribution in [0.3, 0.4) is 0 Å². The van der Waals surface area contributed by atoms with E-state index >= 15 is 0 Å². The molecule has 0 aliphatic carbocycles. The fraction of sp³-hybridized carbons (Fsp3) is 0.650. The molecule has 1 aromatic rings. The number of nitrogens with zero attached hydrogens (tertiary/aromatic N) is 2. The first kappa shape index (κ1) is 19.7. The lowest BCUT2D eigenvalue weighted by molar-refractivity contribution is -0.122. The van der Waals surface area contributed by atoms with Crippen molar-refractivity contribution in [2.75, 3.05) is 50.8 Å². The third kappa shape index (κ3) is 7.04. The normalized spacial score (nSPS) is 17.2. The van der Waals surface area contributed by atoms with Crippen LogP contribution in [0.25, 0.3) is 0 Å². The standard InChI is InChI=1S/C20H33N3O2/c1-2-3-7-11-22(13-14-24)17-20(25)21-15-18-10-12-23(16-18)19-8-5-4-6-9-19/h4-6,8-9,18,24H,2-3,7,10-17H2,1H3,(H,21,25)/t18-/m1/s1. The number of amides is 1. The molecule has 0 bridgehead atoms. The minimum atomic E-state index is 0.0723. The van der Waals surface area contributed by atoms with E-state index in [1.807, 2.05) is 6.07 Å². The lowest BCUT2D eigenvalue weighted by Gasteiger charge is -2.21. The molecule has 5 nitrogen and oxygen atoms in total. The summed E-state index contributed by atoms with van der Waals surface area (Å²) in [5.74, 6) is 0.582. The van der Waals surface area contributed by atoms with E-state index in [1.165, 1.54) is 18.5 Å². The summed E-state index contributed by atoms with van der Waals surface area (Å²) < 4.78 is 0. The Hall–Kier alpha value is -1.59. The van der Waals surface area contributed by atoms with Crippen molar-refractivity contribution in [1.29, 1.82) is 0 Å². The molecule has 0 radical (unpaired) electrons. The van der Waals surface area contributed by atoms with Crippen molar-refractivity contribution in [2.45, 2.75) is 32.6 Å². The van der Waals surface area contributed by atoms with Crippen molar-refractivity contribution < 1.29 is 9.90 Å². The van der Waals surface area contributed by atoms with E-state index in [1.54, 1.807) is 0 Å². The van der Waals surface area contributed by atoms with Crippen molar-refractivity contribution in [3.63, 3.8) is 0 Å². The van der Waals surface area contributed by atoms with Crippen LogP contribution >= 0.6 is 0 Å². The molecule has 1 heterocycles. The van der Waals surface area contributed by atoms with E-state index in [-0.39, 0.29) is 12.5 Å². The maximum Gasteiger partial charge on any atom is 0.234 e. The summed E-state index contributed by atoms with van der Waals surface area (Å²) in [4.78, 5) is 16.7. The molecule has 1 atom stereocenters. The maximum atomic E-state index is 12.2. The van der Waals surface area contributed by atoms with Crippen LogP contribution in [-0.4, -0.2) is 61.8 Å². The van der Waals surface area contributed by atoms with Gasteiger partial charge >= 0.3 is 0 Å². The zero-order chi connectivity index (χ0) is 17.9. The molecule has 5 heteroatoms. The Morgan fingerprint density at radius 3 is 2.80 bits per heavy atom. The predicted molar refractivity (Wildman–Crippen MR) is 103 cm³/mol. The summed E-state index contributed by atoms with van der Waals surface area (Å²) in [6, 6.07) is 10.5. The number of unbranched alkanes of at least 4 members (excludes halogenated alkanes) is 2. The highest BCUT2D eigenvalue weighted by Gasteiger charge is 2.23. The van der Waals surface area contributed by atoms with Gasteiger partial charge < -0.3 is 15.3 Å². The number of rotatable bonds is 11. The van der Waals surface area contributed by atoms with E-state index in [4.69, 9.17) is 5.11 Å². The average Bonchev–Trinajstić information content (AvgIpc) is 3.10. The van der Waals surface area contributed by atoms with E-state index in [2.05, 4.69) is 46.3 Å². The molecule has 1 fully saturated rings. The quantitative estimate of drug-likeness (QED) is 0.602. The van der Waals surface area contributed by atoms with Gasteiger partial charge in [-0.25, -0.2) is 0 Å². The average molecular weight is 348 g/mol. The van der Waals surface area contributed by atoms with Gasteiger partial charge in [-0.1, -0.05) is 38.0 Å². The van der Waals surface area contributed by atoms with Gasteiger partial charge in [0.25, 0.3) is 0 Å². The number of carbonyl (C=O) groups excluding carboxylic acids is 1. The fourth-order valence-corrected chi connectivity index (χ4v) is 3.39. The number of anilines is 1.